The van der Waals surface area contributed by atoms with Crippen LogP contribution in [-0.4, -0.2) is 9.97 Å². The number of nitrogens with one attached hydrogen (secondary N) is 1. The highest BCUT2D eigenvalue weighted by Crippen LogP contribution is 2.17. The van der Waals surface area contributed by atoms with Crippen molar-refractivity contribution in [2.45, 2.75) is 13.5 Å². The van der Waals surface area contributed by atoms with E-state index in [4.69, 9.17) is 5.73 Å². The van der Waals surface area contributed by atoms with Crippen molar-refractivity contribution in [3.05, 3.63) is 47.9 Å². The van der Waals surface area contributed by atoms with Crippen LogP contribution in [0, 0.1) is 6.92 Å². The van der Waals surface area contributed by atoms with Crippen molar-refractivity contribution in [1.29, 1.82) is 0 Å². The molecule has 16 heavy (non-hydrogen) atoms. The minimum absolute atomic E-state index is 0.426. The molecule has 3 N–H and O–H groups in total. The number of nitrogens with two attached hydrogens (primary N) is 1. The number of benzene rings is 1. The summed E-state index contributed by atoms with van der Waals surface area (Å²) in [5.41, 5.74) is 8.74. The third kappa shape index (κ3) is 2.35. The molecule has 0 spiro atoms. The van der Waals surface area contributed by atoms with Crippen LogP contribution >= 0.6 is 0 Å². The van der Waals surface area contributed by atoms with Gasteiger partial charge in [0.25, 0.3) is 0 Å². The summed E-state index contributed by atoms with van der Waals surface area (Å²) in [5, 5.41) is 3.22. The van der Waals surface area contributed by atoms with Crippen LogP contribution in [0.25, 0.3) is 0 Å². The van der Waals surface area contributed by atoms with Gasteiger partial charge in [-0.3, -0.25) is 0 Å². The van der Waals surface area contributed by atoms with E-state index in [1.165, 1.54) is 11.9 Å². The maximum Gasteiger partial charge on any atom is 0.138 e. The average Bonchev–Trinajstić information content (AvgIpc) is 2.33. The number of hydrogen-bond acceptors (Lipinski definition) is 4. The molecule has 4 heteroatoms. The van der Waals surface area contributed by atoms with Crippen LogP contribution in [0.2, 0.25) is 0 Å². The van der Waals surface area contributed by atoms with Gasteiger partial charge in [0.05, 0.1) is 0 Å². The van der Waals surface area contributed by atoms with Gasteiger partial charge in [0, 0.05) is 24.0 Å². The molecule has 2 aromatic rings. The maximum atomic E-state index is 5.61. The van der Waals surface area contributed by atoms with E-state index in [-0.39, 0.29) is 0 Å². The van der Waals surface area contributed by atoms with Crippen molar-refractivity contribution in [3.63, 3.8) is 0 Å². The first-order valence-corrected chi connectivity index (χ1v) is 5.12. The molecule has 4 nitrogen and oxygen atoms in total. The number of anilines is 2. The zero-order valence-corrected chi connectivity index (χ0v) is 9.14. The molecule has 0 aliphatic rings. The van der Waals surface area contributed by atoms with Gasteiger partial charge in [0.2, 0.25) is 0 Å². The summed E-state index contributed by atoms with van der Waals surface area (Å²) >= 11 is 0. The molecule has 0 unspecified atom stereocenters. The zero-order valence-electron chi connectivity index (χ0n) is 9.14. The third-order valence-electron chi connectivity index (χ3n) is 2.32. The predicted octanol–water partition coefficient (Wildman–Crippen LogP) is 1.99. The number of rotatable bonds is 3. The van der Waals surface area contributed by atoms with Gasteiger partial charge in [0.15, 0.2) is 0 Å². The highest BCUT2D eigenvalue weighted by atomic mass is 15.0. The lowest BCUT2D eigenvalue weighted by molar-refractivity contribution is 1.01. The molecule has 0 bridgehead atoms. The topological polar surface area (TPSA) is 63.8 Å². The molecular weight excluding hydrogens is 200 g/mol. The lowest BCUT2D eigenvalue weighted by atomic mass is 10.2. The van der Waals surface area contributed by atoms with Crippen LogP contribution in [0.5, 0.6) is 0 Å². The lowest BCUT2D eigenvalue weighted by Crippen LogP contribution is -2.04. The van der Waals surface area contributed by atoms with Crippen LogP contribution in [-0.2, 0) is 6.54 Å². The molecular formula is C12H14N4. The van der Waals surface area contributed by atoms with E-state index in [1.54, 1.807) is 6.20 Å². The molecule has 1 aromatic carbocycles. The fraction of sp³-hybridized carbons (Fsp3) is 0.167. The molecule has 0 aliphatic carbocycles. The Hall–Kier alpha value is -1.94. The van der Waals surface area contributed by atoms with E-state index in [2.05, 4.69) is 22.2 Å². The van der Waals surface area contributed by atoms with Gasteiger partial charge in [-0.15, -0.1) is 0 Å². The molecule has 1 aromatic heterocycles. The fourth-order valence-electron chi connectivity index (χ4n) is 1.39. The van der Waals surface area contributed by atoms with Crippen molar-refractivity contribution in [1.82, 2.24) is 9.97 Å². The van der Waals surface area contributed by atoms with Crippen LogP contribution in [0.3, 0.4) is 0 Å². The van der Waals surface area contributed by atoms with E-state index >= 15 is 0 Å². The predicted molar refractivity (Wildman–Crippen MR) is 64.4 cm³/mol. The first-order valence-electron chi connectivity index (χ1n) is 5.12. The van der Waals surface area contributed by atoms with Gasteiger partial charge in [-0.05, 0) is 19.1 Å². The van der Waals surface area contributed by atoms with Crippen molar-refractivity contribution in [2.75, 3.05) is 5.32 Å². The summed E-state index contributed by atoms with van der Waals surface area (Å²) in [5.74, 6) is 0.765. The lowest BCUT2D eigenvalue weighted by Gasteiger charge is -2.08. The Kier molecular flexibility index (Phi) is 3.12. The minimum atomic E-state index is 0.426. The Morgan fingerprint density at radius 2 is 2.00 bits per heavy atom. The van der Waals surface area contributed by atoms with Gasteiger partial charge in [0.1, 0.15) is 12.1 Å². The molecule has 2 rings (SSSR count). The fourth-order valence-corrected chi connectivity index (χ4v) is 1.39. The Balaban J connectivity index is 2.23. The summed E-state index contributed by atoms with van der Waals surface area (Å²) in [4.78, 5) is 8.11. The molecule has 0 radical (unpaired) electrons. The normalized spacial score (nSPS) is 10.1. The van der Waals surface area contributed by atoms with Crippen molar-refractivity contribution >= 4 is 11.5 Å². The summed E-state index contributed by atoms with van der Waals surface area (Å²) in [6, 6.07) is 8.12. The van der Waals surface area contributed by atoms with E-state index in [1.807, 2.05) is 24.3 Å². The Morgan fingerprint density at radius 3 is 2.69 bits per heavy atom. The van der Waals surface area contributed by atoms with Crippen molar-refractivity contribution < 1.29 is 0 Å². The first-order chi connectivity index (χ1) is 7.79. The molecule has 0 aliphatic heterocycles. The Bertz CT molecular complexity index is 465. The molecule has 1 heterocycles. The molecule has 82 valence electrons. The van der Waals surface area contributed by atoms with E-state index in [9.17, 15) is 0 Å². The monoisotopic (exact) mass is 214 g/mol. The SMILES string of the molecule is Cc1ccc(Nc2ncncc2CN)cc1. The summed E-state index contributed by atoms with van der Waals surface area (Å²) in [6.45, 7) is 2.48. The highest BCUT2D eigenvalue weighted by Gasteiger charge is 2.01. The molecule has 0 saturated heterocycles. The second-order valence-electron chi connectivity index (χ2n) is 3.59. The van der Waals surface area contributed by atoms with Gasteiger partial charge in [-0.1, -0.05) is 17.7 Å². The largest absolute Gasteiger partial charge is 0.340 e. The van der Waals surface area contributed by atoms with Gasteiger partial charge in [-0.2, -0.15) is 0 Å². The van der Waals surface area contributed by atoms with Gasteiger partial charge in [-0.25, -0.2) is 9.97 Å². The average molecular weight is 214 g/mol. The first kappa shape index (κ1) is 10.6. The van der Waals surface area contributed by atoms with Gasteiger partial charge >= 0.3 is 0 Å². The quantitative estimate of drug-likeness (QED) is 0.820. The van der Waals surface area contributed by atoms with E-state index in [0.29, 0.717) is 6.54 Å². The number of hydrogen-bond donors (Lipinski definition) is 2. The van der Waals surface area contributed by atoms with Crippen LogP contribution in [0.1, 0.15) is 11.1 Å². The van der Waals surface area contributed by atoms with Crippen LogP contribution < -0.4 is 11.1 Å². The second-order valence-corrected chi connectivity index (χ2v) is 3.59. The van der Waals surface area contributed by atoms with Gasteiger partial charge < -0.3 is 11.1 Å². The minimum Gasteiger partial charge on any atom is -0.340 e. The number of nitrogens with zero attached hydrogens (tertiary/aromatic N) is 2. The van der Waals surface area contributed by atoms with E-state index < -0.39 is 0 Å². The third-order valence-corrected chi connectivity index (χ3v) is 2.32. The molecule has 0 saturated carbocycles. The summed E-state index contributed by atoms with van der Waals surface area (Å²) < 4.78 is 0. The van der Waals surface area contributed by atoms with Crippen LogP contribution in [0.15, 0.2) is 36.8 Å². The maximum absolute atomic E-state index is 5.61. The standard InChI is InChI=1S/C12H14N4/c1-9-2-4-11(5-3-9)16-12-10(6-13)7-14-8-15-12/h2-5,7-8H,6,13H2,1H3,(H,14,15,16). The molecule has 0 fully saturated rings. The Labute approximate surface area is 94.5 Å². The zero-order chi connectivity index (χ0) is 11.4. The molecule has 0 atom stereocenters. The van der Waals surface area contributed by atoms with Crippen molar-refractivity contribution in [3.8, 4) is 0 Å². The number of aromatic nitrogens is 2. The van der Waals surface area contributed by atoms with E-state index in [0.717, 1.165) is 17.1 Å². The second kappa shape index (κ2) is 4.72. The highest BCUT2D eigenvalue weighted by molar-refractivity contribution is 5.58. The molecule has 0 amide bonds. The van der Waals surface area contributed by atoms with Crippen LogP contribution in [0.4, 0.5) is 11.5 Å². The smallest absolute Gasteiger partial charge is 0.138 e. The summed E-state index contributed by atoms with van der Waals surface area (Å²) in [6.07, 6.45) is 3.24. The number of aryl methyl sites for hydroxylation is 1. The Morgan fingerprint density at radius 1 is 1.25 bits per heavy atom. The van der Waals surface area contributed by atoms with Crippen molar-refractivity contribution in [2.24, 2.45) is 5.73 Å². The summed E-state index contributed by atoms with van der Waals surface area (Å²) in [7, 11) is 0.